The summed E-state index contributed by atoms with van der Waals surface area (Å²) in [5.41, 5.74) is 0.734. The van der Waals surface area contributed by atoms with Crippen molar-refractivity contribution in [1.82, 2.24) is 14.9 Å². The molecule has 0 aliphatic carbocycles. The Labute approximate surface area is 208 Å². The van der Waals surface area contributed by atoms with Crippen molar-refractivity contribution in [1.29, 1.82) is 0 Å². The summed E-state index contributed by atoms with van der Waals surface area (Å²) >= 11 is 6.43. The lowest BCUT2D eigenvalue weighted by Crippen LogP contribution is -2.28. The average Bonchev–Trinajstić information content (AvgIpc) is 3.24. The molecule has 2 aromatic carbocycles. The Balaban J connectivity index is 0.00000324. The molecule has 0 spiro atoms. The first-order valence-electron chi connectivity index (χ1n) is 10.6. The molecule has 0 saturated carbocycles. The highest BCUT2D eigenvalue weighted by Crippen LogP contribution is 2.38. The fourth-order valence-electron chi connectivity index (χ4n) is 3.63. The Kier molecular flexibility index (Phi) is 9.09. The van der Waals surface area contributed by atoms with Crippen LogP contribution in [-0.4, -0.2) is 60.8 Å². The molecular formula is C23H25Cl2FN4O4. The minimum atomic E-state index is -0.472. The molecule has 0 unspecified atom stereocenters. The number of anilines is 2. The van der Waals surface area contributed by atoms with E-state index in [1.165, 1.54) is 19.5 Å². The second kappa shape index (κ2) is 12.0. The van der Waals surface area contributed by atoms with Crippen LogP contribution in [0.5, 0.6) is 11.5 Å². The summed E-state index contributed by atoms with van der Waals surface area (Å²) in [7, 11) is 1.52. The van der Waals surface area contributed by atoms with Crippen molar-refractivity contribution in [3.05, 3.63) is 48.5 Å². The number of carbonyl (C=O) groups is 1. The van der Waals surface area contributed by atoms with Gasteiger partial charge < -0.3 is 19.1 Å². The smallest absolute Gasteiger partial charge is 0.222 e. The van der Waals surface area contributed by atoms with Gasteiger partial charge in [0.25, 0.3) is 0 Å². The normalized spacial score (nSPS) is 13.1. The number of halogens is 3. The summed E-state index contributed by atoms with van der Waals surface area (Å²) in [6.07, 6.45) is 2.89. The Hall–Kier alpha value is -2.88. The van der Waals surface area contributed by atoms with Crippen LogP contribution in [0.4, 0.5) is 15.9 Å². The van der Waals surface area contributed by atoms with Crippen LogP contribution in [0.1, 0.15) is 12.8 Å². The van der Waals surface area contributed by atoms with Crippen molar-refractivity contribution in [3.8, 4) is 11.5 Å². The van der Waals surface area contributed by atoms with E-state index in [0.717, 1.165) is 17.4 Å². The lowest BCUT2D eigenvalue weighted by atomic mass is 10.2. The van der Waals surface area contributed by atoms with Crippen LogP contribution in [-0.2, 0) is 9.53 Å². The molecule has 4 rings (SSSR count). The number of hydrogen-bond donors (Lipinski definition) is 0. The quantitative estimate of drug-likeness (QED) is 0.293. The highest BCUT2D eigenvalue weighted by atomic mass is 35.5. The number of fused-ring (bicyclic) bond motifs is 1. The number of nitrogens with zero attached hydrogens (tertiary/aromatic N) is 4. The van der Waals surface area contributed by atoms with Gasteiger partial charge in [-0.15, -0.1) is 12.4 Å². The molecule has 1 amide bonds. The first-order valence-corrected chi connectivity index (χ1v) is 10.9. The summed E-state index contributed by atoms with van der Waals surface area (Å²) in [6, 6.07) is 9.58. The first kappa shape index (κ1) is 25.7. The number of aromatic nitrogens is 2. The van der Waals surface area contributed by atoms with Crippen molar-refractivity contribution in [2.24, 2.45) is 0 Å². The maximum absolute atomic E-state index is 14.2. The van der Waals surface area contributed by atoms with Gasteiger partial charge in [0, 0.05) is 42.7 Å². The number of para-hydroxylation sites is 1. The second-order valence-corrected chi connectivity index (χ2v) is 7.73. The van der Waals surface area contributed by atoms with Crippen molar-refractivity contribution < 1.29 is 23.4 Å². The fourth-order valence-corrected chi connectivity index (χ4v) is 3.90. The van der Waals surface area contributed by atoms with Gasteiger partial charge >= 0.3 is 0 Å². The molecule has 1 saturated heterocycles. The molecule has 1 fully saturated rings. The van der Waals surface area contributed by atoms with Crippen LogP contribution in [0, 0.1) is 5.82 Å². The van der Waals surface area contributed by atoms with Gasteiger partial charge in [-0.05, 0) is 24.6 Å². The third-order valence-corrected chi connectivity index (χ3v) is 5.65. The maximum atomic E-state index is 14.2. The monoisotopic (exact) mass is 510 g/mol. The highest BCUT2D eigenvalue weighted by Gasteiger charge is 2.20. The zero-order chi connectivity index (χ0) is 23.2. The molecule has 0 N–H and O–H groups in total. The zero-order valence-electron chi connectivity index (χ0n) is 18.6. The van der Waals surface area contributed by atoms with Crippen LogP contribution >= 0.6 is 24.2 Å². The predicted molar refractivity (Wildman–Crippen MR) is 130 cm³/mol. The molecule has 1 aromatic heterocycles. The van der Waals surface area contributed by atoms with Gasteiger partial charge in [-0.1, -0.05) is 12.1 Å². The zero-order valence-corrected chi connectivity index (χ0v) is 20.1. The fraction of sp³-hybridized carbons (Fsp3) is 0.348. The average molecular weight is 511 g/mol. The van der Waals surface area contributed by atoms with Gasteiger partial charge in [0.1, 0.15) is 18.8 Å². The summed E-state index contributed by atoms with van der Waals surface area (Å²) in [4.78, 5) is 21.9. The molecule has 1 aliphatic heterocycles. The van der Waals surface area contributed by atoms with E-state index in [2.05, 4.69) is 9.97 Å². The van der Waals surface area contributed by atoms with Gasteiger partial charge in [0.2, 0.25) is 5.91 Å². The van der Waals surface area contributed by atoms with Crippen LogP contribution < -0.4 is 13.9 Å². The number of benzene rings is 2. The third-order valence-electron chi connectivity index (χ3n) is 5.31. The number of methoxy groups -OCH3 is 1. The molecule has 182 valence electrons. The van der Waals surface area contributed by atoms with Crippen molar-refractivity contribution >= 4 is 52.5 Å². The Morgan fingerprint density at radius 2 is 1.97 bits per heavy atom. The first-order chi connectivity index (χ1) is 16.1. The molecule has 3 aromatic rings. The summed E-state index contributed by atoms with van der Waals surface area (Å²) < 4.78 is 32.3. The van der Waals surface area contributed by atoms with Gasteiger partial charge in [-0.3, -0.25) is 4.79 Å². The Morgan fingerprint density at radius 1 is 1.15 bits per heavy atom. The van der Waals surface area contributed by atoms with E-state index in [4.69, 9.17) is 26.0 Å². The van der Waals surface area contributed by atoms with Gasteiger partial charge in [0.15, 0.2) is 17.3 Å². The summed E-state index contributed by atoms with van der Waals surface area (Å²) in [6.45, 7) is 2.51. The largest absolute Gasteiger partial charge is 0.493 e. The van der Waals surface area contributed by atoms with Crippen molar-refractivity contribution in [2.75, 3.05) is 44.4 Å². The number of carbonyl (C=O) groups excluding carboxylic acids is 1. The standard InChI is InChI=1S/C23H24ClFN4O4.ClH/c1-31-20-13-16-18(26-15-27-23(16)29(24)19-6-3-2-5-17(19)25)14-21(20)33-12-11-32-10-9-28-8-4-7-22(28)30;/h2-3,5-6,13-15H,4,7-12H2,1H3;1H. The molecule has 0 radical (unpaired) electrons. The maximum Gasteiger partial charge on any atom is 0.222 e. The van der Waals surface area contributed by atoms with Gasteiger partial charge in [-0.2, -0.15) is 0 Å². The Bertz CT molecular complexity index is 1140. The molecule has 0 bridgehead atoms. The lowest BCUT2D eigenvalue weighted by Gasteiger charge is -2.18. The van der Waals surface area contributed by atoms with Crippen LogP contribution in [0.3, 0.4) is 0 Å². The molecule has 11 heteroatoms. The van der Waals surface area contributed by atoms with Crippen LogP contribution in [0.15, 0.2) is 42.7 Å². The minimum absolute atomic E-state index is 0. The molecule has 34 heavy (non-hydrogen) atoms. The van der Waals surface area contributed by atoms with E-state index in [-0.39, 0.29) is 24.0 Å². The number of likely N-dealkylation sites (tertiary alicyclic amines) is 1. The van der Waals surface area contributed by atoms with Crippen LogP contribution in [0.2, 0.25) is 0 Å². The van der Waals surface area contributed by atoms with Gasteiger partial charge in [0.05, 0.1) is 31.5 Å². The van der Waals surface area contributed by atoms with E-state index < -0.39 is 5.82 Å². The summed E-state index contributed by atoms with van der Waals surface area (Å²) in [5, 5.41) is 0.575. The minimum Gasteiger partial charge on any atom is -0.493 e. The highest BCUT2D eigenvalue weighted by molar-refractivity contribution is 6.30. The van der Waals surface area contributed by atoms with E-state index in [1.54, 1.807) is 30.3 Å². The van der Waals surface area contributed by atoms with Crippen molar-refractivity contribution in [3.63, 3.8) is 0 Å². The SMILES string of the molecule is COc1cc2c(N(Cl)c3ccccc3F)ncnc2cc1OCCOCCN1CCCC1=O.Cl. The topological polar surface area (TPSA) is 77.0 Å². The number of amides is 1. The molecule has 1 aliphatic rings. The van der Waals surface area contributed by atoms with E-state index in [0.29, 0.717) is 61.0 Å². The summed E-state index contributed by atoms with van der Waals surface area (Å²) in [5.74, 6) is 0.971. The van der Waals surface area contributed by atoms with Crippen molar-refractivity contribution in [2.45, 2.75) is 12.8 Å². The van der Waals surface area contributed by atoms with E-state index in [1.807, 2.05) is 4.90 Å². The molecular weight excluding hydrogens is 486 g/mol. The van der Waals surface area contributed by atoms with Gasteiger partial charge in [-0.25, -0.2) is 18.8 Å². The number of rotatable bonds is 10. The third kappa shape index (κ3) is 5.78. The predicted octanol–water partition coefficient (Wildman–Crippen LogP) is 4.51. The van der Waals surface area contributed by atoms with Crippen LogP contribution in [0.25, 0.3) is 10.9 Å². The Morgan fingerprint density at radius 3 is 2.71 bits per heavy atom. The van der Waals surface area contributed by atoms with E-state index in [9.17, 15) is 9.18 Å². The lowest BCUT2D eigenvalue weighted by molar-refractivity contribution is -0.128. The molecule has 8 nitrogen and oxygen atoms in total. The molecule has 2 heterocycles. The second-order valence-electron chi connectivity index (χ2n) is 7.39. The number of ether oxygens (including phenoxy) is 3. The number of hydrogen-bond acceptors (Lipinski definition) is 7. The molecule has 0 atom stereocenters. The van der Waals surface area contributed by atoms with E-state index >= 15 is 0 Å².